The van der Waals surface area contributed by atoms with Gasteiger partial charge in [0.2, 0.25) is 0 Å². The van der Waals surface area contributed by atoms with Crippen LogP contribution in [0.25, 0.3) is 10.9 Å². The van der Waals surface area contributed by atoms with Gasteiger partial charge in [-0.1, -0.05) is 18.2 Å². The van der Waals surface area contributed by atoms with E-state index in [0.717, 1.165) is 10.9 Å². The third-order valence-electron chi connectivity index (χ3n) is 2.06. The first kappa shape index (κ1) is 9.93. The number of pyridine rings is 1. The van der Waals surface area contributed by atoms with Crippen LogP contribution in [0, 0.1) is 0 Å². The Balaban J connectivity index is 2.23. The summed E-state index contributed by atoms with van der Waals surface area (Å²) in [5.74, 6) is 0.689. The van der Waals surface area contributed by atoms with Crippen LogP contribution in [0.3, 0.4) is 0 Å². The fraction of sp³-hybridized carbons (Fsp3) is 0.250. The lowest BCUT2D eigenvalue weighted by Gasteiger charge is -2.08. The minimum absolute atomic E-state index is 0.292. The number of rotatable bonds is 3. The molecule has 3 nitrogen and oxygen atoms in total. The fourth-order valence-electron chi connectivity index (χ4n) is 1.35. The van der Waals surface area contributed by atoms with Crippen molar-refractivity contribution in [1.82, 2.24) is 4.98 Å². The van der Waals surface area contributed by atoms with Crippen molar-refractivity contribution in [3.05, 3.63) is 36.5 Å². The van der Waals surface area contributed by atoms with E-state index in [9.17, 15) is 0 Å². The van der Waals surface area contributed by atoms with Crippen molar-refractivity contribution in [1.29, 1.82) is 0 Å². The zero-order valence-electron chi connectivity index (χ0n) is 8.55. The number of benzene rings is 1. The van der Waals surface area contributed by atoms with Crippen molar-refractivity contribution in [2.24, 2.45) is 0 Å². The van der Waals surface area contributed by atoms with E-state index < -0.39 is 6.10 Å². The molecule has 0 unspecified atom stereocenters. The second-order valence-corrected chi connectivity index (χ2v) is 3.52. The number of aliphatic hydroxyl groups is 1. The molecule has 3 heteroatoms. The average Bonchev–Trinajstić information content (AvgIpc) is 2.26. The first-order valence-electron chi connectivity index (χ1n) is 4.91. The SMILES string of the molecule is C[C@@H](O)COc1cnc2ccccc2c1. The highest BCUT2D eigenvalue weighted by Gasteiger charge is 2.00. The minimum atomic E-state index is -0.462. The molecule has 2 aromatic rings. The second-order valence-electron chi connectivity index (χ2n) is 3.52. The van der Waals surface area contributed by atoms with Crippen LogP contribution in [0.2, 0.25) is 0 Å². The van der Waals surface area contributed by atoms with Gasteiger partial charge < -0.3 is 9.84 Å². The molecule has 0 saturated heterocycles. The van der Waals surface area contributed by atoms with Crippen molar-refractivity contribution in [2.75, 3.05) is 6.61 Å². The lowest BCUT2D eigenvalue weighted by atomic mass is 10.2. The summed E-state index contributed by atoms with van der Waals surface area (Å²) in [4.78, 5) is 4.25. The Morgan fingerprint density at radius 3 is 3.00 bits per heavy atom. The molecule has 1 aromatic heterocycles. The van der Waals surface area contributed by atoms with Gasteiger partial charge in [-0.25, -0.2) is 0 Å². The van der Waals surface area contributed by atoms with Crippen LogP contribution in [0.4, 0.5) is 0 Å². The third-order valence-corrected chi connectivity index (χ3v) is 2.06. The summed E-state index contributed by atoms with van der Waals surface area (Å²) in [6.07, 6.45) is 1.21. The molecule has 0 aliphatic carbocycles. The maximum absolute atomic E-state index is 9.08. The van der Waals surface area contributed by atoms with Gasteiger partial charge in [0.15, 0.2) is 0 Å². The topological polar surface area (TPSA) is 42.4 Å². The Hall–Kier alpha value is -1.61. The molecule has 1 N–H and O–H groups in total. The van der Waals surface area contributed by atoms with Crippen LogP contribution in [0.15, 0.2) is 36.5 Å². The zero-order valence-corrected chi connectivity index (χ0v) is 8.55. The summed E-state index contributed by atoms with van der Waals surface area (Å²) in [5.41, 5.74) is 0.946. The van der Waals surface area contributed by atoms with Crippen molar-refractivity contribution in [3.8, 4) is 5.75 Å². The first-order chi connectivity index (χ1) is 7.25. The largest absolute Gasteiger partial charge is 0.489 e. The maximum Gasteiger partial charge on any atom is 0.138 e. The van der Waals surface area contributed by atoms with E-state index in [0.29, 0.717) is 12.4 Å². The van der Waals surface area contributed by atoms with Crippen LogP contribution in [0.1, 0.15) is 6.92 Å². The number of aliphatic hydroxyl groups excluding tert-OH is 1. The van der Waals surface area contributed by atoms with Gasteiger partial charge >= 0.3 is 0 Å². The molecule has 0 fully saturated rings. The molecule has 1 heterocycles. The van der Waals surface area contributed by atoms with E-state index in [1.807, 2.05) is 30.3 Å². The van der Waals surface area contributed by atoms with Crippen molar-refractivity contribution >= 4 is 10.9 Å². The molecule has 0 bridgehead atoms. The Morgan fingerprint density at radius 2 is 2.20 bits per heavy atom. The quantitative estimate of drug-likeness (QED) is 0.829. The Kier molecular flexibility index (Phi) is 2.83. The summed E-state index contributed by atoms with van der Waals surface area (Å²) in [6, 6.07) is 9.77. The normalized spacial score (nSPS) is 12.7. The number of aromatic nitrogens is 1. The lowest BCUT2D eigenvalue weighted by Crippen LogP contribution is -2.12. The smallest absolute Gasteiger partial charge is 0.138 e. The molecule has 1 atom stereocenters. The van der Waals surface area contributed by atoms with Gasteiger partial charge in [-0.2, -0.15) is 0 Å². The van der Waals surface area contributed by atoms with Gasteiger partial charge in [0, 0.05) is 5.39 Å². The molecular formula is C12H13NO2. The average molecular weight is 203 g/mol. The van der Waals surface area contributed by atoms with E-state index >= 15 is 0 Å². The molecule has 15 heavy (non-hydrogen) atoms. The van der Waals surface area contributed by atoms with Crippen molar-refractivity contribution < 1.29 is 9.84 Å². The molecule has 78 valence electrons. The summed E-state index contributed by atoms with van der Waals surface area (Å²) < 4.78 is 5.36. The van der Waals surface area contributed by atoms with E-state index in [-0.39, 0.29) is 0 Å². The zero-order chi connectivity index (χ0) is 10.7. The highest BCUT2D eigenvalue weighted by atomic mass is 16.5. The molecule has 0 aliphatic rings. The van der Waals surface area contributed by atoms with Crippen LogP contribution >= 0.6 is 0 Å². The number of ether oxygens (including phenoxy) is 1. The molecule has 0 spiro atoms. The number of nitrogens with zero attached hydrogens (tertiary/aromatic N) is 1. The molecule has 0 amide bonds. The van der Waals surface area contributed by atoms with Crippen LogP contribution in [-0.4, -0.2) is 22.8 Å². The summed E-state index contributed by atoms with van der Waals surface area (Å²) in [5, 5.41) is 10.1. The van der Waals surface area contributed by atoms with E-state index in [2.05, 4.69) is 4.98 Å². The Morgan fingerprint density at radius 1 is 1.40 bits per heavy atom. The molecule has 0 aliphatic heterocycles. The third kappa shape index (κ3) is 2.44. The molecule has 1 aromatic carbocycles. The summed E-state index contributed by atoms with van der Waals surface area (Å²) in [6.45, 7) is 1.98. The van der Waals surface area contributed by atoms with Gasteiger partial charge in [0.05, 0.1) is 17.8 Å². The highest BCUT2D eigenvalue weighted by molar-refractivity contribution is 5.79. The van der Waals surface area contributed by atoms with Gasteiger partial charge in [-0.15, -0.1) is 0 Å². The molecule has 0 radical (unpaired) electrons. The fourth-order valence-corrected chi connectivity index (χ4v) is 1.35. The standard InChI is InChI=1S/C12H13NO2/c1-9(14)8-15-11-6-10-4-2-3-5-12(10)13-7-11/h2-7,9,14H,8H2,1H3/t9-/m1/s1. The van der Waals surface area contributed by atoms with Crippen LogP contribution in [0.5, 0.6) is 5.75 Å². The summed E-state index contributed by atoms with van der Waals surface area (Å²) >= 11 is 0. The number of hydrogen-bond acceptors (Lipinski definition) is 3. The molecular weight excluding hydrogens is 190 g/mol. The van der Waals surface area contributed by atoms with E-state index in [4.69, 9.17) is 9.84 Å². The number of hydrogen-bond donors (Lipinski definition) is 1. The lowest BCUT2D eigenvalue weighted by molar-refractivity contribution is 0.122. The number of fused-ring (bicyclic) bond motifs is 1. The highest BCUT2D eigenvalue weighted by Crippen LogP contribution is 2.17. The van der Waals surface area contributed by atoms with Gasteiger partial charge in [-0.3, -0.25) is 4.98 Å². The van der Waals surface area contributed by atoms with Crippen LogP contribution < -0.4 is 4.74 Å². The second kappa shape index (κ2) is 4.28. The van der Waals surface area contributed by atoms with E-state index in [1.54, 1.807) is 13.1 Å². The first-order valence-corrected chi connectivity index (χ1v) is 4.91. The Bertz CT molecular complexity index is 454. The molecule has 2 rings (SSSR count). The molecule has 0 saturated carbocycles. The predicted molar refractivity (Wildman–Crippen MR) is 58.9 cm³/mol. The van der Waals surface area contributed by atoms with E-state index in [1.165, 1.54) is 0 Å². The Labute approximate surface area is 88.3 Å². The monoisotopic (exact) mass is 203 g/mol. The van der Waals surface area contributed by atoms with Gasteiger partial charge in [0.25, 0.3) is 0 Å². The van der Waals surface area contributed by atoms with Gasteiger partial charge in [-0.05, 0) is 19.1 Å². The minimum Gasteiger partial charge on any atom is -0.489 e. The van der Waals surface area contributed by atoms with Gasteiger partial charge in [0.1, 0.15) is 12.4 Å². The predicted octanol–water partition coefficient (Wildman–Crippen LogP) is 1.99. The number of para-hydroxylation sites is 1. The summed E-state index contributed by atoms with van der Waals surface area (Å²) in [7, 11) is 0. The van der Waals surface area contributed by atoms with Crippen molar-refractivity contribution in [3.63, 3.8) is 0 Å². The maximum atomic E-state index is 9.08. The van der Waals surface area contributed by atoms with Crippen molar-refractivity contribution in [2.45, 2.75) is 13.0 Å². The van der Waals surface area contributed by atoms with Crippen LogP contribution in [-0.2, 0) is 0 Å².